The molecule has 0 bridgehead atoms. The van der Waals surface area contributed by atoms with E-state index < -0.39 is 5.91 Å². The molecule has 2 aromatic rings. The molecule has 1 fully saturated rings. The zero-order valence-electron chi connectivity index (χ0n) is 17.8. The molecule has 1 saturated heterocycles. The first-order valence-electron chi connectivity index (χ1n) is 10.4. The van der Waals surface area contributed by atoms with E-state index in [0.29, 0.717) is 30.5 Å². The number of carbonyl (C=O) groups excluding carboxylic acids is 2. The van der Waals surface area contributed by atoms with E-state index in [-0.39, 0.29) is 23.8 Å². The van der Waals surface area contributed by atoms with Crippen LogP contribution in [0, 0.1) is 6.92 Å². The maximum Gasteiger partial charge on any atom is 0.255 e. The minimum absolute atomic E-state index is 0.116. The molecule has 0 atom stereocenters. The summed E-state index contributed by atoms with van der Waals surface area (Å²) in [4.78, 5) is 41.6. The number of amides is 2. The van der Waals surface area contributed by atoms with E-state index in [1.54, 1.807) is 13.0 Å². The number of nitrogens with one attached hydrogen (secondary N) is 1. The highest BCUT2D eigenvalue weighted by atomic mass is 16.5. The lowest BCUT2D eigenvalue weighted by Crippen LogP contribution is -2.46. The fraction of sp³-hybridized carbons (Fsp3) is 0.524. The molecular weight excluding hydrogens is 386 g/mol. The molecule has 9 heteroatoms. The van der Waals surface area contributed by atoms with Crippen molar-refractivity contribution < 1.29 is 14.1 Å². The molecule has 162 valence electrons. The number of hydrogen-bond donors (Lipinski definition) is 1. The van der Waals surface area contributed by atoms with Gasteiger partial charge in [0, 0.05) is 37.5 Å². The van der Waals surface area contributed by atoms with Crippen LogP contribution in [0.15, 0.2) is 33.7 Å². The number of nitrogens with zero attached hydrogens (tertiary/aromatic N) is 4. The number of piperidine rings is 1. The Labute approximate surface area is 175 Å². The standard InChI is InChI=1S/C21H29N5O4/c1-4-24(5-2)17-8-10-25(11-9-17)21(29)16-6-7-20(28)26(13-16)14-19(27)22-18-12-15(3)30-23-18/h6-7,12-13,17H,4-5,8-11,14H2,1-3H3,(H,22,23,27). The normalized spacial score (nSPS) is 14.9. The van der Waals surface area contributed by atoms with E-state index in [9.17, 15) is 14.4 Å². The van der Waals surface area contributed by atoms with Crippen molar-refractivity contribution in [2.45, 2.75) is 46.2 Å². The van der Waals surface area contributed by atoms with Crippen LogP contribution in [0.3, 0.4) is 0 Å². The van der Waals surface area contributed by atoms with E-state index >= 15 is 0 Å². The summed E-state index contributed by atoms with van der Waals surface area (Å²) in [5.74, 6) is 0.318. The molecule has 1 aliphatic heterocycles. The summed E-state index contributed by atoms with van der Waals surface area (Å²) in [6, 6.07) is 4.93. The van der Waals surface area contributed by atoms with Gasteiger partial charge >= 0.3 is 0 Å². The number of hydrogen-bond acceptors (Lipinski definition) is 6. The summed E-state index contributed by atoms with van der Waals surface area (Å²) in [6.45, 7) is 9.21. The summed E-state index contributed by atoms with van der Waals surface area (Å²) in [6.07, 6.45) is 3.33. The number of pyridine rings is 1. The fourth-order valence-corrected chi connectivity index (χ4v) is 3.90. The Kier molecular flexibility index (Phi) is 7.04. The Bertz CT molecular complexity index is 939. The van der Waals surface area contributed by atoms with Crippen LogP contribution in [0.25, 0.3) is 0 Å². The molecule has 3 rings (SSSR count). The summed E-state index contributed by atoms with van der Waals surface area (Å²) >= 11 is 0. The number of rotatable bonds is 7. The molecule has 0 spiro atoms. The van der Waals surface area contributed by atoms with Gasteiger partial charge in [-0.1, -0.05) is 19.0 Å². The SMILES string of the molecule is CCN(CC)C1CCN(C(=O)c2ccc(=O)n(CC(=O)Nc3cc(C)on3)c2)CC1. The Balaban J connectivity index is 1.63. The Morgan fingerprint density at radius 2 is 1.93 bits per heavy atom. The van der Waals surface area contributed by atoms with Crippen LogP contribution in [0.4, 0.5) is 5.82 Å². The lowest BCUT2D eigenvalue weighted by molar-refractivity contribution is -0.116. The summed E-state index contributed by atoms with van der Waals surface area (Å²) in [5, 5.41) is 6.27. The van der Waals surface area contributed by atoms with Gasteiger partial charge in [-0.15, -0.1) is 0 Å². The van der Waals surface area contributed by atoms with Crippen molar-refractivity contribution in [2.75, 3.05) is 31.5 Å². The number of anilines is 1. The zero-order valence-corrected chi connectivity index (χ0v) is 17.8. The maximum absolute atomic E-state index is 12.9. The molecule has 0 aliphatic carbocycles. The van der Waals surface area contributed by atoms with Crippen LogP contribution in [0.5, 0.6) is 0 Å². The van der Waals surface area contributed by atoms with E-state index in [4.69, 9.17) is 4.52 Å². The topological polar surface area (TPSA) is 101 Å². The van der Waals surface area contributed by atoms with Gasteiger partial charge in [-0.05, 0) is 38.9 Å². The average molecular weight is 415 g/mol. The molecule has 0 aromatic carbocycles. The van der Waals surface area contributed by atoms with Crippen molar-refractivity contribution in [3.05, 3.63) is 46.1 Å². The first-order valence-corrected chi connectivity index (χ1v) is 10.4. The predicted octanol–water partition coefficient (Wildman–Crippen LogP) is 1.73. The molecule has 0 unspecified atom stereocenters. The summed E-state index contributed by atoms with van der Waals surface area (Å²) in [7, 11) is 0. The van der Waals surface area contributed by atoms with Crippen LogP contribution in [0.2, 0.25) is 0 Å². The monoisotopic (exact) mass is 415 g/mol. The van der Waals surface area contributed by atoms with Gasteiger partial charge in [-0.3, -0.25) is 14.4 Å². The lowest BCUT2D eigenvalue weighted by atomic mass is 10.0. The summed E-state index contributed by atoms with van der Waals surface area (Å²) < 4.78 is 6.14. The highest BCUT2D eigenvalue weighted by molar-refractivity contribution is 5.94. The second-order valence-electron chi connectivity index (χ2n) is 7.50. The second kappa shape index (κ2) is 9.71. The highest BCUT2D eigenvalue weighted by Gasteiger charge is 2.26. The molecule has 3 heterocycles. The third kappa shape index (κ3) is 5.15. The number of aromatic nitrogens is 2. The Hall–Kier alpha value is -2.94. The molecule has 1 N–H and O–H groups in total. The van der Waals surface area contributed by atoms with E-state index in [1.165, 1.54) is 22.9 Å². The van der Waals surface area contributed by atoms with Gasteiger partial charge in [0.15, 0.2) is 5.82 Å². The summed E-state index contributed by atoms with van der Waals surface area (Å²) in [5.41, 5.74) is 0.0549. The van der Waals surface area contributed by atoms with Gasteiger partial charge in [-0.25, -0.2) is 0 Å². The molecule has 0 radical (unpaired) electrons. The minimum Gasteiger partial charge on any atom is -0.360 e. The van der Waals surface area contributed by atoms with Crippen molar-refractivity contribution in [3.8, 4) is 0 Å². The number of aryl methyl sites for hydroxylation is 1. The first-order chi connectivity index (χ1) is 14.4. The average Bonchev–Trinajstić information content (AvgIpc) is 3.15. The van der Waals surface area contributed by atoms with Gasteiger partial charge in [0.2, 0.25) is 5.91 Å². The molecule has 2 amide bonds. The first kappa shape index (κ1) is 21.8. The highest BCUT2D eigenvalue weighted by Crippen LogP contribution is 2.18. The van der Waals surface area contributed by atoms with Crippen LogP contribution in [-0.4, -0.2) is 63.6 Å². The van der Waals surface area contributed by atoms with Gasteiger partial charge in [0.05, 0.1) is 5.56 Å². The van der Waals surface area contributed by atoms with Crippen LogP contribution in [-0.2, 0) is 11.3 Å². The minimum atomic E-state index is -0.421. The Morgan fingerprint density at radius 3 is 2.53 bits per heavy atom. The maximum atomic E-state index is 12.9. The largest absolute Gasteiger partial charge is 0.360 e. The van der Waals surface area contributed by atoms with Crippen LogP contribution < -0.4 is 10.9 Å². The quantitative estimate of drug-likeness (QED) is 0.739. The smallest absolute Gasteiger partial charge is 0.255 e. The third-order valence-electron chi connectivity index (χ3n) is 5.52. The fourth-order valence-electron chi connectivity index (χ4n) is 3.90. The van der Waals surface area contributed by atoms with Crippen LogP contribution in [0.1, 0.15) is 42.8 Å². The third-order valence-corrected chi connectivity index (χ3v) is 5.52. The Morgan fingerprint density at radius 1 is 1.23 bits per heavy atom. The van der Waals surface area contributed by atoms with Crippen molar-refractivity contribution >= 4 is 17.6 Å². The van der Waals surface area contributed by atoms with Gasteiger partial charge in [0.1, 0.15) is 12.3 Å². The van der Waals surface area contributed by atoms with Crippen molar-refractivity contribution in [1.29, 1.82) is 0 Å². The van der Waals surface area contributed by atoms with E-state index in [2.05, 4.69) is 29.2 Å². The molecule has 1 aliphatic rings. The van der Waals surface area contributed by atoms with Crippen molar-refractivity contribution in [2.24, 2.45) is 0 Å². The van der Waals surface area contributed by atoms with Crippen molar-refractivity contribution in [1.82, 2.24) is 19.5 Å². The van der Waals surface area contributed by atoms with E-state index in [1.807, 2.05) is 4.90 Å². The van der Waals surface area contributed by atoms with Crippen LogP contribution >= 0.6 is 0 Å². The molecule has 0 saturated carbocycles. The number of carbonyl (C=O) groups is 2. The van der Waals surface area contributed by atoms with Gasteiger partial charge in [0.25, 0.3) is 11.5 Å². The second-order valence-corrected chi connectivity index (χ2v) is 7.50. The molecule has 30 heavy (non-hydrogen) atoms. The van der Waals surface area contributed by atoms with Gasteiger partial charge < -0.3 is 24.2 Å². The zero-order chi connectivity index (χ0) is 21.7. The van der Waals surface area contributed by atoms with Crippen molar-refractivity contribution in [3.63, 3.8) is 0 Å². The molecule has 2 aromatic heterocycles. The molecular formula is C21H29N5O4. The lowest BCUT2D eigenvalue weighted by Gasteiger charge is -2.37. The number of likely N-dealkylation sites (tertiary alicyclic amines) is 1. The van der Waals surface area contributed by atoms with Gasteiger partial charge in [-0.2, -0.15) is 0 Å². The molecule has 9 nitrogen and oxygen atoms in total. The predicted molar refractivity (Wildman–Crippen MR) is 112 cm³/mol. The van der Waals surface area contributed by atoms with E-state index in [0.717, 1.165) is 25.9 Å².